The van der Waals surface area contributed by atoms with Gasteiger partial charge in [-0.1, -0.05) is 6.92 Å². The molecule has 1 unspecified atom stereocenters. The molecule has 1 aromatic rings. The van der Waals surface area contributed by atoms with Gasteiger partial charge in [-0.25, -0.2) is 0 Å². The van der Waals surface area contributed by atoms with E-state index in [1.807, 2.05) is 6.92 Å². The Morgan fingerprint density at radius 2 is 2.36 bits per heavy atom. The van der Waals surface area contributed by atoms with E-state index in [1.165, 1.54) is 12.4 Å². The second-order valence-corrected chi connectivity index (χ2v) is 3.18. The Morgan fingerprint density at radius 1 is 1.57 bits per heavy atom. The Labute approximate surface area is 83.3 Å². The first-order valence-electron chi connectivity index (χ1n) is 4.55. The molecular formula is C10H14N2O2. The molecule has 0 bridgehead atoms. The highest BCUT2D eigenvalue weighted by Crippen LogP contribution is 2.10. The van der Waals surface area contributed by atoms with Gasteiger partial charge < -0.3 is 4.74 Å². The first-order chi connectivity index (χ1) is 6.75. The van der Waals surface area contributed by atoms with Gasteiger partial charge in [-0.15, -0.1) is 0 Å². The summed E-state index contributed by atoms with van der Waals surface area (Å²) in [4.78, 5) is 11.7. The molecular weight excluding hydrogens is 180 g/mol. The second kappa shape index (κ2) is 5.44. The van der Waals surface area contributed by atoms with Crippen LogP contribution in [0.5, 0.6) is 0 Å². The molecule has 0 aliphatic heterocycles. The lowest BCUT2D eigenvalue weighted by Gasteiger charge is -2.08. The number of nitrogens with zero attached hydrogens (tertiary/aromatic N) is 2. The highest BCUT2D eigenvalue weighted by Gasteiger charge is 2.14. The summed E-state index contributed by atoms with van der Waals surface area (Å²) >= 11 is 0. The fourth-order valence-electron chi connectivity index (χ4n) is 1.15. The maximum absolute atomic E-state index is 11.7. The zero-order chi connectivity index (χ0) is 10.4. The molecule has 1 heterocycles. The number of carbonyl (C=O) groups excluding carboxylic acids is 1. The third-order valence-electron chi connectivity index (χ3n) is 2.07. The van der Waals surface area contributed by atoms with E-state index in [-0.39, 0.29) is 11.7 Å². The molecule has 1 aromatic heterocycles. The van der Waals surface area contributed by atoms with E-state index in [0.717, 1.165) is 6.42 Å². The lowest BCUT2D eigenvalue weighted by atomic mass is 9.98. The van der Waals surface area contributed by atoms with Crippen molar-refractivity contribution in [3.05, 3.63) is 24.0 Å². The molecule has 0 saturated carbocycles. The van der Waals surface area contributed by atoms with Crippen molar-refractivity contribution in [2.75, 3.05) is 13.7 Å². The molecule has 14 heavy (non-hydrogen) atoms. The smallest absolute Gasteiger partial charge is 0.167 e. The fourth-order valence-corrected chi connectivity index (χ4v) is 1.15. The van der Waals surface area contributed by atoms with Crippen LogP contribution in [0.15, 0.2) is 18.5 Å². The number of hydrogen-bond acceptors (Lipinski definition) is 4. The molecule has 4 heteroatoms. The van der Waals surface area contributed by atoms with Gasteiger partial charge in [0.15, 0.2) is 5.78 Å². The fraction of sp³-hybridized carbons (Fsp3) is 0.500. The van der Waals surface area contributed by atoms with Crippen molar-refractivity contribution < 1.29 is 9.53 Å². The molecule has 0 aliphatic carbocycles. The Morgan fingerprint density at radius 3 is 2.93 bits per heavy atom. The minimum Gasteiger partial charge on any atom is -0.385 e. The Bertz CT molecular complexity index is 287. The van der Waals surface area contributed by atoms with Crippen LogP contribution >= 0.6 is 0 Å². The van der Waals surface area contributed by atoms with Crippen LogP contribution in [0.3, 0.4) is 0 Å². The average molecular weight is 194 g/mol. The molecule has 0 radical (unpaired) electrons. The molecule has 76 valence electrons. The van der Waals surface area contributed by atoms with Crippen LogP contribution < -0.4 is 0 Å². The lowest BCUT2D eigenvalue weighted by Crippen LogP contribution is -2.13. The quantitative estimate of drug-likeness (QED) is 0.663. The van der Waals surface area contributed by atoms with Crippen LogP contribution in [0.25, 0.3) is 0 Å². The van der Waals surface area contributed by atoms with Gasteiger partial charge in [0.25, 0.3) is 0 Å². The number of aromatic nitrogens is 2. The molecule has 0 amide bonds. The van der Waals surface area contributed by atoms with E-state index in [0.29, 0.717) is 12.2 Å². The highest BCUT2D eigenvalue weighted by atomic mass is 16.5. The monoisotopic (exact) mass is 194 g/mol. The maximum atomic E-state index is 11.7. The van der Waals surface area contributed by atoms with E-state index in [2.05, 4.69) is 10.2 Å². The second-order valence-electron chi connectivity index (χ2n) is 3.18. The molecule has 0 aromatic carbocycles. The molecule has 4 nitrogen and oxygen atoms in total. The molecule has 0 fully saturated rings. The van der Waals surface area contributed by atoms with E-state index < -0.39 is 0 Å². The number of rotatable bonds is 5. The van der Waals surface area contributed by atoms with Gasteiger partial charge in [0.1, 0.15) is 0 Å². The summed E-state index contributed by atoms with van der Waals surface area (Å²) in [6, 6.07) is 1.68. The number of Topliss-reactive ketones (excluding diaryl/α,β-unsaturated/α-hetero) is 1. The summed E-state index contributed by atoms with van der Waals surface area (Å²) < 4.78 is 4.92. The minimum atomic E-state index is -0.0286. The maximum Gasteiger partial charge on any atom is 0.167 e. The van der Waals surface area contributed by atoms with Gasteiger partial charge in [-0.05, 0) is 12.5 Å². The normalized spacial score (nSPS) is 12.4. The van der Waals surface area contributed by atoms with Crippen molar-refractivity contribution in [2.45, 2.75) is 13.3 Å². The lowest BCUT2D eigenvalue weighted by molar-refractivity contribution is 0.0893. The Balaban J connectivity index is 2.57. The summed E-state index contributed by atoms with van der Waals surface area (Å²) in [5, 5.41) is 7.29. The summed E-state index contributed by atoms with van der Waals surface area (Å²) in [5.41, 5.74) is 0.614. The topological polar surface area (TPSA) is 52.1 Å². The number of ketones is 1. The van der Waals surface area contributed by atoms with Gasteiger partial charge in [0.05, 0.1) is 12.4 Å². The van der Waals surface area contributed by atoms with Crippen LogP contribution in [0.2, 0.25) is 0 Å². The van der Waals surface area contributed by atoms with Crippen molar-refractivity contribution in [2.24, 2.45) is 5.92 Å². The van der Waals surface area contributed by atoms with Crippen molar-refractivity contribution >= 4 is 5.78 Å². The van der Waals surface area contributed by atoms with Crippen LogP contribution in [0.4, 0.5) is 0 Å². The summed E-state index contributed by atoms with van der Waals surface area (Å²) in [5.74, 6) is 0.0658. The molecule has 1 rings (SSSR count). The SMILES string of the molecule is COCCC(C)C(=O)c1ccnnc1. The zero-order valence-electron chi connectivity index (χ0n) is 8.43. The van der Waals surface area contributed by atoms with Crippen molar-refractivity contribution in [1.82, 2.24) is 10.2 Å². The predicted octanol–water partition coefficient (Wildman–Crippen LogP) is 1.33. The van der Waals surface area contributed by atoms with E-state index >= 15 is 0 Å². The molecule has 0 saturated heterocycles. The Kier molecular flexibility index (Phi) is 4.19. The summed E-state index contributed by atoms with van der Waals surface area (Å²) in [6.07, 6.45) is 3.75. The molecule has 0 spiro atoms. The number of methoxy groups -OCH3 is 1. The third kappa shape index (κ3) is 2.88. The first kappa shape index (κ1) is 10.8. The standard InChI is InChI=1S/C10H14N2O2/c1-8(4-6-14-2)10(13)9-3-5-11-12-7-9/h3,5,7-8H,4,6H2,1-2H3. The van der Waals surface area contributed by atoms with Crippen molar-refractivity contribution in [1.29, 1.82) is 0 Å². The summed E-state index contributed by atoms with van der Waals surface area (Å²) in [7, 11) is 1.63. The van der Waals surface area contributed by atoms with E-state index in [9.17, 15) is 4.79 Å². The van der Waals surface area contributed by atoms with Gasteiger partial charge in [-0.3, -0.25) is 4.79 Å². The molecule has 1 atom stereocenters. The number of hydrogen-bond donors (Lipinski definition) is 0. The number of carbonyl (C=O) groups is 1. The minimum absolute atomic E-state index is 0.0286. The van der Waals surface area contributed by atoms with Crippen LogP contribution in [0, 0.1) is 5.92 Å². The van der Waals surface area contributed by atoms with Gasteiger partial charge in [-0.2, -0.15) is 10.2 Å². The van der Waals surface area contributed by atoms with Crippen LogP contribution in [-0.2, 0) is 4.74 Å². The largest absolute Gasteiger partial charge is 0.385 e. The van der Waals surface area contributed by atoms with Crippen molar-refractivity contribution in [3.63, 3.8) is 0 Å². The van der Waals surface area contributed by atoms with Crippen molar-refractivity contribution in [3.8, 4) is 0 Å². The molecule has 0 aliphatic rings. The Hall–Kier alpha value is -1.29. The summed E-state index contributed by atoms with van der Waals surface area (Å²) in [6.45, 7) is 2.49. The van der Waals surface area contributed by atoms with Gasteiger partial charge in [0, 0.05) is 25.2 Å². The number of ether oxygens (including phenoxy) is 1. The zero-order valence-corrected chi connectivity index (χ0v) is 8.43. The van der Waals surface area contributed by atoms with Gasteiger partial charge >= 0.3 is 0 Å². The average Bonchev–Trinajstić information content (AvgIpc) is 2.26. The van der Waals surface area contributed by atoms with E-state index in [1.54, 1.807) is 13.2 Å². The molecule has 0 N–H and O–H groups in total. The van der Waals surface area contributed by atoms with Gasteiger partial charge in [0.2, 0.25) is 0 Å². The van der Waals surface area contributed by atoms with Crippen LogP contribution in [-0.4, -0.2) is 29.7 Å². The van der Waals surface area contributed by atoms with E-state index in [4.69, 9.17) is 4.74 Å². The van der Waals surface area contributed by atoms with Crippen LogP contribution in [0.1, 0.15) is 23.7 Å². The first-order valence-corrected chi connectivity index (χ1v) is 4.55. The highest BCUT2D eigenvalue weighted by molar-refractivity contribution is 5.97. The predicted molar refractivity (Wildman–Crippen MR) is 52.0 cm³/mol. The third-order valence-corrected chi connectivity index (χ3v) is 2.07.